The summed E-state index contributed by atoms with van der Waals surface area (Å²) < 4.78 is 0. The molecule has 0 saturated carbocycles. The van der Waals surface area contributed by atoms with Crippen molar-refractivity contribution in [3.8, 4) is 33.4 Å². The molecule has 0 N–H and O–H groups in total. The van der Waals surface area contributed by atoms with Crippen LogP contribution in [-0.4, -0.2) is 0 Å². The number of nitrogens with zero attached hydrogens (tertiary/aromatic N) is 1. The predicted octanol–water partition coefficient (Wildman–Crippen LogP) is 14.8. The molecule has 0 aliphatic heterocycles. The Kier molecular flexibility index (Phi) is 7.55. The van der Waals surface area contributed by atoms with Gasteiger partial charge in [-0.25, -0.2) is 0 Å². The molecule has 1 nitrogen and oxygen atoms in total. The second-order valence-corrected chi connectivity index (χ2v) is 13.7. The van der Waals surface area contributed by atoms with Crippen LogP contribution in [0.15, 0.2) is 212 Å². The van der Waals surface area contributed by atoms with Gasteiger partial charge in [0.2, 0.25) is 0 Å². The van der Waals surface area contributed by atoms with Gasteiger partial charge in [-0.05, 0) is 89.6 Å². The molecule has 0 radical (unpaired) electrons. The minimum atomic E-state index is 1.10. The first-order valence-electron chi connectivity index (χ1n) is 18.3. The molecule has 0 aliphatic carbocycles. The van der Waals surface area contributed by atoms with Crippen LogP contribution in [0.2, 0.25) is 0 Å². The number of hydrogen-bond donors (Lipinski definition) is 0. The highest BCUT2D eigenvalue weighted by molar-refractivity contribution is 6.14. The van der Waals surface area contributed by atoms with Crippen molar-refractivity contribution >= 4 is 60.2 Å². The minimum absolute atomic E-state index is 1.10. The fraction of sp³-hybridized carbons (Fsp3) is 0. The van der Waals surface area contributed by atoms with Crippen LogP contribution in [0.4, 0.5) is 17.1 Å². The van der Waals surface area contributed by atoms with Crippen LogP contribution in [0, 0.1) is 0 Å². The number of hydrogen-bond acceptors (Lipinski definition) is 1. The highest BCUT2D eigenvalue weighted by Gasteiger charge is 2.21. The molecule has 10 aromatic carbocycles. The van der Waals surface area contributed by atoms with E-state index in [2.05, 4.69) is 217 Å². The van der Waals surface area contributed by atoms with Crippen molar-refractivity contribution in [2.24, 2.45) is 0 Å². The van der Waals surface area contributed by atoms with Crippen molar-refractivity contribution in [2.45, 2.75) is 0 Å². The molecule has 248 valence electrons. The standard InChI is InChI=1S/C52H35N/c1-2-14-36(15-3-1)44-20-8-10-26-51(44)53(40-32-28-39(29-33-40)43-22-12-23-45-41-18-6-4-16-37(41)30-34-48(43)45)52-27-11-9-21-50(52)47-25-13-24-46-42-19-7-5-17-38(42)31-35-49(46)47/h1-35H. The van der Waals surface area contributed by atoms with E-state index >= 15 is 0 Å². The lowest BCUT2D eigenvalue weighted by molar-refractivity contribution is 1.28. The van der Waals surface area contributed by atoms with E-state index < -0.39 is 0 Å². The number of rotatable bonds is 6. The number of para-hydroxylation sites is 2. The van der Waals surface area contributed by atoms with E-state index in [4.69, 9.17) is 0 Å². The first-order chi connectivity index (χ1) is 26.3. The van der Waals surface area contributed by atoms with Gasteiger partial charge in [0.1, 0.15) is 0 Å². The van der Waals surface area contributed by atoms with Crippen molar-refractivity contribution < 1.29 is 0 Å². The van der Waals surface area contributed by atoms with Crippen LogP contribution >= 0.6 is 0 Å². The van der Waals surface area contributed by atoms with Gasteiger partial charge in [-0.15, -0.1) is 0 Å². The van der Waals surface area contributed by atoms with Crippen LogP contribution in [0.1, 0.15) is 0 Å². The molecule has 0 amide bonds. The summed E-state index contributed by atoms with van der Waals surface area (Å²) in [6.45, 7) is 0. The average Bonchev–Trinajstić information content (AvgIpc) is 3.24. The number of anilines is 3. The molecule has 0 saturated heterocycles. The number of fused-ring (bicyclic) bond motifs is 6. The van der Waals surface area contributed by atoms with Gasteiger partial charge in [0, 0.05) is 16.8 Å². The zero-order chi connectivity index (χ0) is 35.1. The maximum absolute atomic E-state index is 2.44. The van der Waals surface area contributed by atoms with Crippen molar-refractivity contribution in [3.05, 3.63) is 212 Å². The third kappa shape index (κ3) is 5.34. The molecule has 0 unspecified atom stereocenters. The molecule has 0 spiro atoms. The molecule has 0 heterocycles. The highest BCUT2D eigenvalue weighted by Crippen LogP contribution is 2.46. The predicted molar refractivity (Wildman–Crippen MR) is 227 cm³/mol. The Hall–Kier alpha value is -6.96. The third-order valence-electron chi connectivity index (χ3n) is 10.7. The van der Waals surface area contributed by atoms with Gasteiger partial charge in [-0.3, -0.25) is 0 Å². The normalized spacial score (nSPS) is 11.4. The molecular formula is C52H35N. The van der Waals surface area contributed by atoms with E-state index in [-0.39, 0.29) is 0 Å². The van der Waals surface area contributed by atoms with Gasteiger partial charge in [-0.1, -0.05) is 188 Å². The molecule has 10 rings (SSSR count). The van der Waals surface area contributed by atoms with Crippen molar-refractivity contribution in [2.75, 3.05) is 4.90 Å². The third-order valence-corrected chi connectivity index (χ3v) is 10.7. The Balaban J connectivity index is 1.18. The van der Waals surface area contributed by atoms with Crippen LogP contribution in [0.5, 0.6) is 0 Å². The highest BCUT2D eigenvalue weighted by atomic mass is 15.1. The van der Waals surface area contributed by atoms with E-state index in [1.54, 1.807) is 0 Å². The largest absolute Gasteiger partial charge is 0.309 e. The maximum atomic E-state index is 2.44. The summed E-state index contributed by atoms with van der Waals surface area (Å²) in [5, 5.41) is 10.1. The smallest absolute Gasteiger partial charge is 0.0540 e. The molecule has 10 aromatic rings. The van der Waals surface area contributed by atoms with Crippen molar-refractivity contribution in [1.29, 1.82) is 0 Å². The van der Waals surface area contributed by atoms with Gasteiger partial charge >= 0.3 is 0 Å². The van der Waals surface area contributed by atoms with Crippen LogP contribution in [0.3, 0.4) is 0 Å². The molecule has 1 heteroatoms. The van der Waals surface area contributed by atoms with Gasteiger partial charge in [0.25, 0.3) is 0 Å². The van der Waals surface area contributed by atoms with E-state index in [1.807, 2.05) is 0 Å². The lowest BCUT2D eigenvalue weighted by Crippen LogP contribution is -2.12. The Morgan fingerprint density at radius 2 is 0.679 bits per heavy atom. The fourth-order valence-corrected chi connectivity index (χ4v) is 8.19. The quantitative estimate of drug-likeness (QED) is 0.159. The van der Waals surface area contributed by atoms with Crippen LogP contribution < -0.4 is 4.90 Å². The minimum Gasteiger partial charge on any atom is -0.309 e. The Morgan fingerprint density at radius 3 is 1.34 bits per heavy atom. The summed E-state index contributed by atoms with van der Waals surface area (Å²) in [7, 11) is 0. The van der Waals surface area contributed by atoms with Crippen molar-refractivity contribution in [3.63, 3.8) is 0 Å². The van der Waals surface area contributed by atoms with Crippen LogP contribution in [0.25, 0.3) is 76.5 Å². The SMILES string of the molecule is c1ccc(-c2ccccc2N(c2ccc(-c3cccc4c3ccc3ccccc34)cc2)c2ccccc2-c2cccc3c2ccc2ccccc23)cc1. The monoisotopic (exact) mass is 673 g/mol. The molecule has 53 heavy (non-hydrogen) atoms. The van der Waals surface area contributed by atoms with Gasteiger partial charge < -0.3 is 4.90 Å². The van der Waals surface area contributed by atoms with Crippen molar-refractivity contribution in [1.82, 2.24) is 0 Å². The molecular weight excluding hydrogens is 639 g/mol. The summed E-state index contributed by atoms with van der Waals surface area (Å²) in [5.41, 5.74) is 10.5. The van der Waals surface area contributed by atoms with E-state index in [1.165, 1.54) is 76.5 Å². The maximum Gasteiger partial charge on any atom is 0.0540 e. The van der Waals surface area contributed by atoms with E-state index in [0.717, 1.165) is 17.1 Å². The van der Waals surface area contributed by atoms with E-state index in [9.17, 15) is 0 Å². The molecule has 0 aromatic heterocycles. The molecule has 0 bridgehead atoms. The first kappa shape index (κ1) is 30.8. The van der Waals surface area contributed by atoms with E-state index in [0.29, 0.717) is 0 Å². The zero-order valence-corrected chi connectivity index (χ0v) is 29.2. The second-order valence-electron chi connectivity index (χ2n) is 13.7. The topological polar surface area (TPSA) is 3.24 Å². The first-order valence-corrected chi connectivity index (χ1v) is 18.3. The van der Waals surface area contributed by atoms with Crippen LogP contribution in [-0.2, 0) is 0 Å². The number of benzene rings is 10. The summed E-state index contributed by atoms with van der Waals surface area (Å²) in [4.78, 5) is 2.44. The fourth-order valence-electron chi connectivity index (χ4n) is 8.19. The zero-order valence-electron chi connectivity index (χ0n) is 29.2. The summed E-state index contributed by atoms with van der Waals surface area (Å²) >= 11 is 0. The van der Waals surface area contributed by atoms with Gasteiger partial charge in [0.05, 0.1) is 11.4 Å². The summed E-state index contributed by atoms with van der Waals surface area (Å²) in [5.74, 6) is 0. The lowest BCUT2D eigenvalue weighted by Gasteiger charge is -2.30. The molecule has 0 atom stereocenters. The average molecular weight is 674 g/mol. The summed E-state index contributed by atoms with van der Waals surface area (Å²) in [6.07, 6.45) is 0. The Bertz CT molecular complexity index is 2940. The van der Waals surface area contributed by atoms with Gasteiger partial charge in [0.15, 0.2) is 0 Å². The second kappa shape index (κ2) is 13.0. The lowest BCUT2D eigenvalue weighted by atomic mass is 9.92. The summed E-state index contributed by atoms with van der Waals surface area (Å²) in [6, 6.07) is 77.2. The van der Waals surface area contributed by atoms with Gasteiger partial charge in [-0.2, -0.15) is 0 Å². The Morgan fingerprint density at radius 1 is 0.226 bits per heavy atom. The molecule has 0 aliphatic rings. The Labute approximate surface area is 309 Å². The molecule has 0 fully saturated rings.